The fourth-order valence-corrected chi connectivity index (χ4v) is 0.824. The highest BCUT2D eigenvalue weighted by Gasteiger charge is 1.75. The van der Waals surface area contributed by atoms with Gasteiger partial charge in [0.15, 0.2) is 0 Å². The fraction of sp³-hybridized carbons (Fsp3) is 0.250. The molecule has 0 saturated carbocycles. The van der Waals surface area contributed by atoms with Crippen molar-refractivity contribution in [2.75, 3.05) is 13.2 Å². The zero-order chi connectivity index (χ0) is 13.4. The van der Waals surface area contributed by atoms with Crippen LogP contribution in [-0.2, 0) is 4.74 Å². The van der Waals surface area contributed by atoms with Crippen molar-refractivity contribution in [3.63, 3.8) is 0 Å². The monoisotopic (exact) mass is 232 g/mol. The normalized spacial score (nSPS) is 7.65. The summed E-state index contributed by atoms with van der Waals surface area (Å²) in [6, 6.07) is 10.0. The second kappa shape index (κ2) is 16.8. The summed E-state index contributed by atoms with van der Waals surface area (Å²) in [5.74, 6) is 0. The standard InChI is InChI=1S/C8H8.C6H10O.C2H6/c1-2-8-6-4-3-5-7-8;1-3-5-7-6-4-2;1-2/h2-7H,1H2;3-4H,1-2,5-6H2;1-2H3. The molecule has 1 heteroatoms. The van der Waals surface area contributed by atoms with E-state index < -0.39 is 0 Å². The number of rotatable bonds is 5. The second-order valence-corrected chi connectivity index (χ2v) is 2.73. The zero-order valence-corrected chi connectivity index (χ0v) is 11.1. The third-order valence-corrected chi connectivity index (χ3v) is 1.51. The quantitative estimate of drug-likeness (QED) is 0.526. The second-order valence-electron chi connectivity index (χ2n) is 2.73. The highest BCUT2D eigenvalue weighted by atomic mass is 16.5. The largest absolute Gasteiger partial charge is 0.373 e. The van der Waals surface area contributed by atoms with Crippen LogP contribution in [0.25, 0.3) is 6.08 Å². The molecule has 0 atom stereocenters. The van der Waals surface area contributed by atoms with E-state index in [1.165, 1.54) is 5.56 Å². The molecule has 0 N–H and O–H groups in total. The molecule has 0 spiro atoms. The lowest BCUT2D eigenvalue weighted by molar-refractivity contribution is 0.194. The van der Waals surface area contributed by atoms with Crippen LogP contribution in [0.3, 0.4) is 0 Å². The molecule has 17 heavy (non-hydrogen) atoms. The van der Waals surface area contributed by atoms with Crippen LogP contribution < -0.4 is 0 Å². The summed E-state index contributed by atoms with van der Waals surface area (Å²) in [6.45, 7) is 15.8. The summed E-state index contributed by atoms with van der Waals surface area (Å²) in [5.41, 5.74) is 1.17. The van der Waals surface area contributed by atoms with Crippen molar-refractivity contribution in [1.82, 2.24) is 0 Å². The van der Waals surface area contributed by atoms with Gasteiger partial charge in [-0.25, -0.2) is 0 Å². The third kappa shape index (κ3) is 14.4. The van der Waals surface area contributed by atoms with E-state index in [1.807, 2.05) is 50.3 Å². The molecule has 0 aliphatic heterocycles. The smallest absolute Gasteiger partial charge is 0.0649 e. The molecule has 0 heterocycles. The summed E-state index contributed by atoms with van der Waals surface area (Å²) >= 11 is 0. The minimum Gasteiger partial charge on any atom is -0.373 e. The van der Waals surface area contributed by atoms with Gasteiger partial charge in [-0.2, -0.15) is 0 Å². The lowest BCUT2D eigenvalue weighted by Crippen LogP contribution is -1.87. The Labute approximate surface area is 106 Å². The molecular weight excluding hydrogens is 208 g/mol. The van der Waals surface area contributed by atoms with E-state index in [0.29, 0.717) is 13.2 Å². The van der Waals surface area contributed by atoms with E-state index in [-0.39, 0.29) is 0 Å². The highest BCUT2D eigenvalue weighted by molar-refractivity contribution is 5.45. The van der Waals surface area contributed by atoms with Gasteiger partial charge in [0.05, 0.1) is 13.2 Å². The van der Waals surface area contributed by atoms with Gasteiger partial charge < -0.3 is 4.74 Å². The highest BCUT2D eigenvalue weighted by Crippen LogP contribution is 1.97. The first-order chi connectivity index (χ1) is 8.35. The molecule has 94 valence electrons. The van der Waals surface area contributed by atoms with E-state index in [0.717, 1.165) is 0 Å². The first-order valence-corrected chi connectivity index (χ1v) is 5.82. The van der Waals surface area contributed by atoms with Crippen molar-refractivity contribution in [2.24, 2.45) is 0 Å². The van der Waals surface area contributed by atoms with E-state index >= 15 is 0 Å². The number of benzene rings is 1. The maximum Gasteiger partial charge on any atom is 0.0649 e. The molecule has 0 aliphatic rings. The molecule has 0 radical (unpaired) electrons. The molecule has 0 fully saturated rings. The van der Waals surface area contributed by atoms with Crippen LogP contribution in [0, 0.1) is 0 Å². The number of ether oxygens (including phenoxy) is 1. The Hall–Kier alpha value is -1.60. The molecule has 0 bridgehead atoms. The van der Waals surface area contributed by atoms with Gasteiger partial charge in [0.25, 0.3) is 0 Å². The van der Waals surface area contributed by atoms with Gasteiger partial charge in [0.2, 0.25) is 0 Å². The molecule has 1 aromatic rings. The topological polar surface area (TPSA) is 9.23 Å². The minimum atomic E-state index is 0.617. The Kier molecular flexibility index (Phi) is 17.6. The van der Waals surface area contributed by atoms with Crippen molar-refractivity contribution >= 4 is 6.08 Å². The van der Waals surface area contributed by atoms with Gasteiger partial charge in [-0.05, 0) is 5.56 Å². The van der Waals surface area contributed by atoms with Crippen LogP contribution in [0.4, 0.5) is 0 Å². The van der Waals surface area contributed by atoms with Gasteiger partial charge >= 0.3 is 0 Å². The molecule has 0 amide bonds. The van der Waals surface area contributed by atoms with Crippen LogP contribution in [-0.4, -0.2) is 13.2 Å². The van der Waals surface area contributed by atoms with Crippen LogP contribution >= 0.6 is 0 Å². The van der Waals surface area contributed by atoms with Gasteiger partial charge in [-0.3, -0.25) is 0 Å². The summed E-state index contributed by atoms with van der Waals surface area (Å²) in [6.07, 6.45) is 5.26. The summed E-state index contributed by atoms with van der Waals surface area (Å²) < 4.78 is 4.90. The minimum absolute atomic E-state index is 0.617. The summed E-state index contributed by atoms with van der Waals surface area (Å²) in [4.78, 5) is 0. The van der Waals surface area contributed by atoms with Crippen LogP contribution in [0.2, 0.25) is 0 Å². The molecule has 1 nitrogen and oxygen atoms in total. The molecule has 1 rings (SSSR count). The number of hydrogen-bond donors (Lipinski definition) is 0. The Bertz CT molecular complexity index is 267. The predicted octanol–water partition coefficient (Wildman–Crippen LogP) is 4.73. The first kappa shape index (κ1) is 17.8. The van der Waals surface area contributed by atoms with Gasteiger partial charge in [0, 0.05) is 0 Å². The number of hydrogen-bond acceptors (Lipinski definition) is 1. The Morgan fingerprint density at radius 2 is 1.41 bits per heavy atom. The third-order valence-electron chi connectivity index (χ3n) is 1.51. The predicted molar refractivity (Wildman–Crippen MR) is 79.1 cm³/mol. The van der Waals surface area contributed by atoms with Crippen LogP contribution in [0.1, 0.15) is 19.4 Å². The van der Waals surface area contributed by atoms with Gasteiger partial charge in [-0.15, -0.1) is 13.2 Å². The summed E-state index contributed by atoms with van der Waals surface area (Å²) in [7, 11) is 0. The van der Waals surface area contributed by atoms with E-state index in [9.17, 15) is 0 Å². The average molecular weight is 232 g/mol. The zero-order valence-electron chi connectivity index (χ0n) is 11.1. The lowest BCUT2D eigenvalue weighted by Gasteiger charge is -1.89. The SMILES string of the molecule is C=CCOCC=C.C=Cc1ccccc1.CC. The van der Waals surface area contributed by atoms with Crippen molar-refractivity contribution < 1.29 is 4.74 Å². The van der Waals surface area contributed by atoms with Gasteiger partial charge in [-0.1, -0.05) is 69.0 Å². The lowest BCUT2D eigenvalue weighted by atomic mass is 10.2. The average Bonchev–Trinajstić information content (AvgIpc) is 2.43. The molecule has 0 unspecified atom stereocenters. The van der Waals surface area contributed by atoms with Crippen LogP contribution in [0.15, 0.2) is 62.2 Å². The molecule has 0 aliphatic carbocycles. The Morgan fingerprint density at radius 1 is 0.941 bits per heavy atom. The van der Waals surface area contributed by atoms with E-state index in [2.05, 4.69) is 19.7 Å². The van der Waals surface area contributed by atoms with Crippen molar-refractivity contribution in [2.45, 2.75) is 13.8 Å². The molecule has 1 aromatic carbocycles. The van der Waals surface area contributed by atoms with Crippen molar-refractivity contribution in [1.29, 1.82) is 0 Å². The first-order valence-electron chi connectivity index (χ1n) is 5.82. The fourth-order valence-electron chi connectivity index (χ4n) is 0.824. The van der Waals surface area contributed by atoms with E-state index in [1.54, 1.807) is 12.2 Å². The van der Waals surface area contributed by atoms with Crippen molar-refractivity contribution in [3.8, 4) is 0 Å². The van der Waals surface area contributed by atoms with E-state index in [4.69, 9.17) is 4.74 Å². The maximum absolute atomic E-state index is 4.90. The Morgan fingerprint density at radius 3 is 1.71 bits per heavy atom. The molecular formula is C16H24O. The maximum atomic E-state index is 4.90. The molecule has 0 aromatic heterocycles. The van der Waals surface area contributed by atoms with Crippen LogP contribution in [0.5, 0.6) is 0 Å². The summed E-state index contributed by atoms with van der Waals surface area (Å²) in [5, 5.41) is 0. The van der Waals surface area contributed by atoms with Crippen molar-refractivity contribution in [3.05, 3.63) is 67.8 Å². The molecule has 0 saturated heterocycles. The Balaban J connectivity index is 0. The van der Waals surface area contributed by atoms with Gasteiger partial charge in [0.1, 0.15) is 0 Å².